The molecule has 2 aromatic carbocycles. The van der Waals surface area contributed by atoms with E-state index in [4.69, 9.17) is 39.5 Å². The van der Waals surface area contributed by atoms with Crippen molar-refractivity contribution in [2.45, 2.75) is 12.5 Å². The van der Waals surface area contributed by atoms with Gasteiger partial charge in [-0.3, -0.25) is 0 Å². The lowest BCUT2D eigenvalue weighted by Gasteiger charge is -2.28. The Morgan fingerprint density at radius 1 is 1.10 bits per heavy atom. The molecule has 0 saturated carbocycles. The quantitative estimate of drug-likeness (QED) is 0.627. The third-order valence-corrected chi connectivity index (χ3v) is 4.63. The molecule has 21 heavy (non-hydrogen) atoms. The van der Waals surface area contributed by atoms with Gasteiger partial charge in [0.05, 0.1) is 28.4 Å². The second-order valence-corrected chi connectivity index (χ2v) is 6.93. The van der Waals surface area contributed by atoms with Crippen LogP contribution in [0.15, 0.2) is 34.8 Å². The maximum absolute atomic E-state index is 6.26. The fourth-order valence-electron chi connectivity index (χ4n) is 2.37. The van der Waals surface area contributed by atoms with E-state index in [1.807, 2.05) is 24.3 Å². The number of hydrogen-bond acceptors (Lipinski definition) is 2. The molecule has 0 aliphatic carbocycles. The molecule has 3 rings (SSSR count). The van der Waals surface area contributed by atoms with Gasteiger partial charge < -0.3 is 10.1 Å². The summed E-state index contributed by atoms with van der Waals surface area (Å²) in [7, 11) is 0. The molecule has 0 fully saturated rings. The molecule has 0 saturated heterocycles. The van der Waals surface area contributed by atoms with Crippen molar-refractivity contribution >= 4 is 56.4 Å². The molecule has 0 spiro atoms. The van der Waals surface area contributed by atoms with Gasteiger partial charge >= 0.3 is 0 Å². The lowest BCUT2D eigenvalue weighted by atomic mass is 10.00. The number of nitrogens with one attached hydrogen (secondary N) is 1. The molecule has 0 aromatic heterocycles. The van der Waals surface area contributed by atoms with Crippen molar-refractivity contribution in [3.05, 3.63) is 55.4 Å². The summed E-state index contributed by atoms with van der Waals surface area (Å²) in [6.45, 7) is 0.597. The highest BCUT2D eigenvalue weighted by molar-refractivity contribution is 9.10. The Hall–Kier alpha value is -0.610. The third kappa shape index (κ3) is 3.26. The number of benzene rings is 2. The maximum Gasteiger partial charge on any atom is 0.143 e. The molecule has 1 atom stereocenters. The first kappa shape index (κ1) is 15.3. The molecule has 1 aliphatic rings. The molecule has 0 amide bonds. The smallest absolute Gasteiger partial charge is 0.143 e. The van der Waals surface area contributed by atoms with E-state index in [1.54, 1.807) is 6.07 Å². The van der Waals surface area contributed by atoms with Gasteiger partial charge in [-0.05, 0) is 30.3 Å². The largest absolute Gasteiger partial charge is 0.492 e. The van der Waals surface area contributed by atoms with E-state index in [0.29, 0.717) is 27.4 Å². The number of ether oxygens (including phenoxy) is 1. The monoisotopic (exact) mass is 405 g/mol. The van der Waals surface area contributed by atoms with Gasteiger partial charge in [0, 0.05) is 21.5 Å². The molecule has 6 heteroatoms. The Morgan fingerprint density at radius 3 is 2.67 bits per heavy atom. The number of fused-ring (bicyclic) bond motifs is 1. The second kappa shape index (κ2) is 6.25. The van der Waals surface area contributed by atoms with E-state index in [0.717, 1.165) is 22.1 Å². The Balaban J connectivity index is 1.95. The summed E-state index contributed by atoms with van der Waals surface area (Å²) >= 11 is 22.0. The van der Waals surface area contributed by atoms with Crippen LogP contribution in [0.2, 0.25) is 15.1 Å². The highest BCUT2D eigenvalue weighted by Gasteiger charge is 2.24. The Labute approximate surface area is 146 Å². The molecule has 110 valence electrons. The lowest BCUT2D eigenvalue weighted by molar-refractivity contribution is 0.274. The summed E-state index contributed by atoms with van der Waals surface area (Å²) in [6.07, 6.45) is 0.816. The van der Waals surface area contributed by atoms with Gasteiger partial charge in [-0.15, -0.1) is 0 Å². The van der Waals surface area contributed by atoms with Crippen LogP contribution < -0.4 is 10.1 Å². The number of hydrogen-bond donors (Lipinski definition) is 1. The molecule has 1 N–H and O–H groups in total. The normalized spacial score (nSPS) is 17.0. The summed E-state index contributed by atoms with van der Waals surface area (Å²) < 4.78 is 6.60. The first-order valence-corrected chi connectivity index (χ1v) is 8.30. The highest BCUT2D eigenvalue weighted by atomic mass is 79.9. The summed E-state index contributed by atoms with van der Waals surface area (Å²) in [4.78, 5) is 0. The van der Waals surface area contributed by atoms with Crippen LogP contribution in [-0.4, -0.2) is 6.61 Å². The highest BCUT2D eigenvalue weighted by Crippen LogP contribution is 2.42. The Morgan fingerprint density at radius 2 is 1.90 bits per heavy atom. The van der Waals surface area contributed by atoms with Crippen LogP contribution in [0.25, 0.3) is 0 Å². The van der Waals surface area contributed by atoms with Crippen molar-refractivity contribution in [2.75, 3.05) is 11.9 Å². The molecular weight excluding hydrogens is 396 g/mol. The minimum Gasteiger partial charge on any atom is -0.492 e. The van der Waals surface area contributed by atoms with Crippen LogP contribution >= 0.6 is 50.7 Å². The molecular formula is C15H11BrCl3NO. The van der Waals surface area contributed by atoms with Gasteiger partial charge in [0.15, 0.2) is 0 Å². The molecule has 2 nitrogen and oxygen atoms in total. The summed E-state index contributed by atoms with van der Waals surface area (Å²) in [6, 6.07) is 9.37. The van der Waals surface area contributed by atoms with Crippen LogP contribution in [0.3, 0.4) is 0 Å². The van der Waals surface area contributed by atoms with Crippen LogP contribution in [0.4, 0.5) is 5.69 Å². The van der Waals surface area contributed by atoms with Crippen LogP contribution in [0.5, 0.6) is 5.75 Å². The molecule has 1 heterocycles. The molecule has 1 aliphatic heterocycles. The van der Waals surface area contributed by atoms with Crippen molar-refractivity contribution in [1.29, 1.82) is 0 Å². The topological polar surface area (TPSA) is 21.3 Å². The first-order valence-electron chi connectivity index (χ1n) is 6.38. The van der Waals surface area contributed by atoms with Crippen molar-refractivity contribution in [3.8, 4) is 5.75 Å². The van der Waals surface area contributed by atoms with Crippen molar-refractivity contribution < 1.29 is 4.74 Å². The predicted octanol–water partition coefficient (Wildman–Crippen LogP) is 6.35. The Kier molecular flexibility index (Phi) is 4.55. The van der Waals surface area contributed by atoms with Gasteiger partial charge in [-0.2, -0.15) is 0 Å². The first-order chi connectivity index (χ1) is 10.0. The number of halogens is 4. The SMILES string of the molecule is Clc1cc(Cl)c2c(c1)C(Nc1ccc(Br)cc1Cl)CCO2. The van der Waals surface area contributed by atoms with E-state index in [9.17, 15) is 0 Å². The van der Waals surface area contributed by atoms with E-state index in [1.165, 1.54) is 0 Å². The summed E-state index contributed by atoms with van der Waals surface area (Å²) in [5.74, 6) is 0.693. The van der Waals surface area contributed by atoms with Gasteiger partial charge in [-0.25, -0.2) is 0 Å². The summed E-state index contributed by atoms with van der Waals surface area (Å²) in [5, 5.41) is 5.22. The van der Waals surface area contributed by atoms with Gasteiger partial charge in [0.25, 0.3) is 0 Å². The van der Waals surface area contributed by atoms with E-state index < -0.39 is 0 Å². The van der Waals surface area contributed by atoms with E-state index >= 15 is 0 Å². The maximum atomic E-state index is 6.26. The Bertz CT molecular complexity index is 693. The van der Waals surface area contributed by atoms with Gasteiger partial charge in [-0.1, -0.05) is 50.7 Å². The predicted molar refractivity (Wildman–Crippen MR) is 92.1 cm³/mol. The van der Waals surface area contributed by atoms with Crippen molar-refractivity contribution in [1.82, 2.24) is 0 Å². The molecule has 1 unspecified atom stereocenters. The van der Waals surface area contributed by atoms with Crippen molar-refractivity contribution in [3.63, 3.8) is 0 Å². The van der Waals surface area contributed by atoms with Crippen molar-refractivity contribution in [2.24, 2.45) is 0 Å². The van der Waals surface area contributed by atoms with Gasteiger partial charge in [0.1, 0.15) is 5.75 Å². The van der Waals surface area contributed by atoms with Crippen LogP contribution in [-0.2, 0) is 0 Å². The minimum atomic E-state index is 0.0589. The van der Waals surface area contributed by atoms with E-state index in [-0.39, 0.29) is 6.04 Å². The van der Waals surface area contributed by atoms with E-state index in [2.05, 4.69) is 21.2 Å². The molecule has 2 aromatic rings. The zero-order chi connectivity index (χ0) is 15.0. The van der Waals surface area contributed by atoms with Crippen LogP contribution in [0.1, 0.15) is 18.0 Å². The average molecular weight is 408 g/mol. The number of rotatable bonds is 2. The van der Waals surface area contributed by atoms with Crippen LogP contribution in [0, 0.1) is 0 Å². The fourth-order valence-corrected chi connectivity index (χ4v) is 3.66. The standard InChI is InChI=1S/C15H11BrCl3NO/c16-8-1-2-14(11(18)5-8)20-13-3-4-21-15-10(13)6-9(17)7-12(15)19/h1-2,5-7,13,20H,3-4H2. The average Bonchev–Trinajstić information content (AvgIpc) is 2.42. The second-order valence-electron chi connectivity index (χ2n) is 4.76. The zero-order valence-corrected chi connectivity index (χ0v) is 14.7. The summed E-state index contributed by atoms with van der Waals surface area (Å²) in [5.41, 5.74) is 1.83. The number of anilines is 1. The van der Waals surface area contributed by atoms with Gasteiger partial charge in [0.2, 0.25) is 0 Å². The lowest BCUT2D eigenvalue weighted by Crippen LogP contribution is -2.20. The molecule has 0 radical (unpaired) electrons. The minimum absolute atomic E-state index is 0.0589. The third-order valence-electron chi connectivity index (χ3n) is 3.33. The zero-order valence-electron chi connectivity index (χ0n) is 10.8. The molecule has 0 bridgehead atoms. The fraction of sp³-hybridized carbons (Fsp3) is 0.200.